The van der Waals surface area contributed by atoms with E-state index in [1.165, 1.54) is 0 Å². The number of nitrogen functional groups attached to an aromatic ring is 1. The molecular weight excluding hydrogens is 299 g/mol. The van der Waals surface area contributed by atoms with Crippen LogP contribution < -0.4 is 11.5 Å². The molecule has 1 amide bonds. The molecule has 0 saturated carbocycles. The molecule has 2 aromatic rings. The van der Waals surface area contributed by atoms with Crippen LogP contribution in [-0.4, -0.2) is 30.6 Å². The lowest BCUT2D eigenvalue weighted by molar-refractivity contribution is 0.0996. The molecule has 8 N–H and O–H groups in total. The van der Waals surface area contributed by atoms with Gasteiger partial charge >= 0.3 is 7.82 Å². The maximum atomic E-state index is 11.0. The van der Waals surface area contributed by atoms with E-state index in [0.29, 0.717) is 12.2 Å². The normalized spacial score (nSPS) is 10.6. The van der Waals surface area contributed by atoms with Gasteiger partial charge in [0, 0.05) is 6.42 Å². The molecule has 1 aromatic carbocycles. The number of nitrogens with zero attached hydrogens (tertiary/aromatic N) is 1. The number of amides is 1. The Morgan fingerprint density at radius 1 is 1.24 bits per heavy atom. The van der Waals surface area contributed by atoms with E-state index >= 15 is 0 Å². The molecule has 2 rings (SSSR count). The lowest BCUT2D eigenvalue weighted by Gasteiger charge is -1.96. The average Bonchev–Trinajstić information content (AvgIpc) is 2.69. The monoisotopic (exact) mass is 314 g/mol. The number of rotatable bonds is 3. The second-order valence-corrected chi connectivity index (χ2v) is 5.01. The fourth-order valence-electron chi connectivity index (χ4n) is 1.50. The van der Waals surface area contributed by atoms with Crippen molar-refractivity contribution >= 4 is 19.5 Å². The highest BCUT2D eigenvalue weighted by atomic mass is 31.2. The lowest BCUT2D eigenvalue weighted by Crippen LogP contribution is -2.13. The summed E-state index contributed by atoms with van der Waals surface area (Å²) in [4.78, 5) is 39.4. The highest BCUT2D eigenvalue weighted by Gasteiger charge is 2.11. The predicted molar refractivity (Wildman–Crippen MR) is 75.0 cm³/mol. The van der Waals surface area contributed by atoms with E-state index in [0.717, 1.165) is 5.56 Å². The minimum atomic E-state index is -4.64. The lowest BCUT2D eigenvalue weighted by atomic mass is 10.1. The summed E-state index contributed by atoms with van der Waals surface area (Å²) in [6, 6.07) is 9.77. The number of primary amides is 1. The van der Waals surface area contributed by atoms with Crippen molar-refractivity contribution in [3.05, 3.63) is 47.4 Å². The standard InChI is InChI=1S/C11H12N4O.H3O4P/c12-10-9(11(13)16)14-8(15-10)6-7-4-2-1-3-5-7;1-5(2,3)4/h1-5H,6,12H2,(H2,13,16)(H,14,15);(H3,1,2,3,4). The van der Waals surface area contributed by atoms with Crippen LogP contribution in [0.15, 0.2) is 30.3 Å². The van der Waals surface area contributed by atoms with Gasteiger partial charge in [0.2, 0.25) is 0 Å². The minimum absolute atomic E-state index is 0.151. The summed E-state index contributed by atoms with van der Waals surface area (Å²) in [5.74, 6) is 0.195. The van der Waals surface area contributed by atoms with Crippen molar-refractivity contribution in [2.45, 2.75) is 6.42 Å². The molecule has 0 bridgehead atoms. The van der Waals surface area contributed by atoms with Crippen LogP contribution in [0, 0.1) is 0 Å². The fraction of sp³-hybridized carbons (Fsp3) is 0.0909. The highest BCUT2D eigenvalue weighted by molar-refractivity contribution is 7.45. The topological polar surface area (TPSA) is 176 Å². The van der Waals surface area contributed by atoms with Gasteiger partial charge in [-0.3, -0.25) is 4.79 Å². The molecule has 1 aromatic heterocycles. The zero-order valence-corrected chi connectivity index (χ0v) is 11.7. The van der Waals surface area contributed by atoms with Gasteiger partial charge in [0.05, 0.1) is 0 Å². The Kier molecular flexibility index (Phi) is 5.62. The van der Waals surface area contributed by atoms with Crippen molar-refractivity contribution in [1.29, 1.82) is 0 Å². The molecule has 9 nitrogen and oxygen atoms in total. The Balaban J connectivity index is 0.000000383. The van der Waals surface area contributed by atoms with Crippen LogP contribution in [-0.2, 0) is 11.0 Å². The van der Waals surface area contributed by atoms with Gasteiger partial charge in [-0.05, 0) is 5.56 Å². The van der Waals surface area contributed by atoms with E-state index in [1.807, 2.05) is 30.3 Å². The van der Waals surface area contributed by atoms with Crippen LogP contribution in [0.4, 0.5) is 5.82 Å². The van der Waals surface area contributed by atoms with E-state index in [9.17, 15) is 4.79 Å². The first-order chi connectivity index (χ1) is 9.66. The predicted octanol–water partition coefficient (Wildman–Crippen LogP) is -0.247. The number of carbonyl (C=O) groups excluding carboxylic acids is 1. The molecule has 0 atom stereocenters. The van der Waals surface area contributed by atoms with Crippen molar-refractivity contribution in [3.8, 4) is 0 Å². The third-order valence-electron chi connectivity index (χ3n) is 2.24. The zero-order valence-electron chi connectivity index (χ0n) is 10.8. The van der Waals surface area contributed by atoms with E-state index in [1.54, 1.807) is 0 Å². The van der Waals surface area contributed by atoms with E-state index < -0.39 is 13.7 Å². The molecule has 0 radical (unpaired) electrons. The molecule has 0 unspecified atom stereocenters. The zero-order chi connectivity index (χ0) is 16.0. The Morgan fingerprint density at radius 2 is 1.76 bits per heavy atom. The third kappa shape index (κ3) is 6.68. The number of aromatic nitrogens is 2. The minimum Gasteiger partial charge on any atom is -0.382 e. The van der Waals surface area contributed by atoms with E-state index in [-0.39, 0.29) is 11.5 Å². The molecule has 0 aliphatic carbocycles. The van der Waals surface area contributed by atoms with Gasteiger partial charge in [-0.1, -0.05) is 30.3 Å². The van der Waals surface area contributed by atoms with Crippen LogP contribution in [0.2, 0.25) is 0 Å². The second-order valence-electron chi connectivity index (χ2n) is 3.98. The number of nitrogens with two attached hydrogens (primary N) is 2. The number of imidazole rings is 1. The summed E-state index contributed by atoms with van der Waals surface area (Å²) in [6.45, 7) is 0. The molecule has 0 aliphatic heterocycles. The smallest absolute Gasteiger partial charge is 0.382 e. The van der Waals surface area contributed by atoms with Crippen LogP contribution in [0.3, 0.4) is 0 Å². The molecule has 0 saturated heterocycles. The number of hydrogen-bond acceptors (Lipinski definition) is 4. The number of anilines is 1. The van der Waals surface area contributed by atoms with Gasteiger partial charge in [0.25, 0.3) is 5.91 Å². The largest absolute Gasteiger partial charge is 0.466 e. The SMILES string of the molecule is NC(=O)c1[nH]c(Cc2ccccc2)nc1N.O=P(O)(O)O. The molecule has 1 heterocycles. The summed E-state index contributed by atoms with van der Waals surface area (Å²) in [5.41, 5.74) is 11.9. The molecule has 10 heteroatoms. The second kappa shape index (κ2) is 7.00. The highest BCUT2D eigenvalue weighted by Crippen LogP contribution is 2.25. The van der Waals surface area contributed by atoms with Gasteiger partial charge in [-0.2, -0.15) is 0 Å². The van der Waals surface area contributed by atoms with Gasteiger partial charge in [0.1, 0.15) is 11.5 Å². The van der Waals surface area contributed by atoms with Crippen LogP contribution in [0.5, 0.6) is 0 Å². The van der Waals surface area contributed by atoms with Gasteiger partial charge in [-0.15, -0.1) is 0 Å². The summed E-state index contributed by atoms with van der Waals surface area (Å²) in [6.07, 6.45) is 0.596. The summed E-state index contributed by atoms with van der Waals surface area (Å²) in [7, 11) is -4.64. The molecule has 114 valence electrons. The molecule has 21 heavy (non-hydrogen) atoms. The number of hydrogen-bond donors (Lipinski definition) is 6. The van der Waals surface area contributed by atoms with Gasteiger partial charge in [-0.25, -0.2) is 9.55 Å². The van der Waals surface area contributed by atoms with E-state index in [2.05, 4.69) is 9.97 Å². The first-order valence-corrected chi connectivity index (χ1v) is 7.19. The molecule has 0 aliphatic rings. The number of H-pyrrole nitrogens is 1. The Labute approximate surface area is 119 Å². The summed E-state index contributed by atoms with van der Waals surface area (Å²) < 4.78 is 8.88. The third-order valence-corrected chi connectivity index (χ3v) is 2.24. The van der Waals surface area contributed by atoms with Crippen LogP contribution in [0.1, 0.15) is 21.9 Å². The van der Waals surface area contributed by atoms with Crippen molar-refractivity contribution in [1.82, 2.24) is 9.97 Å². The Bertz CT molecular complexity index is 644. The number of phosphoric acid groups is 1. The van der Waals surface area contributed by atoms with Crippen molar-refractivity contribution < 1.29 is 24.0 Å². The van der Waals surface area contributed by atoms with Gasteiger partial charge in [0.15, 0.2) is 5.82 Å². The number of nitrogens with one attached hydrogen (secondary N) is 1. The average molecular weight is 314 g/mol. The Morgan fingerprint density at radius 3 is 2.19 bits per heavy atom. The van der Waals surface area contributed by atoms with Crippen molar-refractivity contribution in [3.63, 3.8) is 0 Å². The number of aromatic amines is 1. The summed E-state index contributed by atoms with van der Waals surface area (Å²) in [5, 5.41) is 0. The Hall–Kier alpha value is -2.19. The summed E-state index contributed by atoms with van der Waals surface area (Å²) >= 11 is 0. The van der Waals surface area contributed by atoms with Crippen molar-refractivity contribution in [2.75, 3.05) is 5.73 Å². The van der Waals surface area contributed by atoms with Crippen molar-refractivity contribution in [2.24, 2.45) is 5.73 Å². The maximum Gasteiger partial charge on any atom is 0.466 e. The fourth-order valence-corrected chi connectivity index (χ4v) is 1.50. The van der Waals surface area contributed by atoms with Gasteiger partial charge < -0.3 is 31.1 Å². The first-order valence-electron chi connectivity index (χ1n) is 5.63. The van der Waals surface area contributed by atoms with Crippen LogP contribution >= 0.6 is 7.82 Å². The number of carbonyl (C=O) groups is 1. The number of benzene rings is 1. The van der Waals surface area contributed by atoms with E-state index in [4.69, 9.17) is 30.7 Å². The first kappa shape index (κ1) is 16.9. The molecule has 0 spiro atoms. The molecular formula is C11H15N4O5P. The quantitative estimate of drug-likeness (QED) is 0.423. The molecule has 0 fully saturated rings. The van der Waals surface area contributed by atoms with Crippen LogP contribution in [0.25, 0.3) is 0 Å². The maximum absolute atomic E-state index is 11.0.